The van der Waals surface area contributed by atoms with Crippen LogP contribution in [0, 0.1) is 5.92 Å². The average molecular weight is 401 g/mol. The number of nitrogens with one attached hydrogen (secondary N) is 1. The Hall–Kier alpha value is -1.24. The maximum Gasteiger partial charge on any atom is 0.408 e. The van der Waals surface area contributed by atoms with E-state index in [0.29, 0.717) is 19.1 Å². The minimum Gasteiger partial charge on any atom is -0.465 e. The molecule has 0 bridgehead atoms. The summed E-state index contributed by atoms with van der Waals surface area (Å²) >= 11 is 0. The number of alkyl carbamates (subject to hydrolysis) is 1. The number of nitrogens with zero attached hydrogens (tertiary/aromatic N) is 1. The van der Waals surface area contributed by atoms with Gasteiger partial charge in [-0.1, -0.05) is 51.7 Å². The van der Waals surface area contributed by atoms with Gasteiger partial charge in [0.2, 0.25) is 0 Å². The molecule has 0 aromatic heterocycles. The summed E-state index contributed by atoms with van der Waals surface area (Å²) in [5.74, 6) is 0.526. The molecule has 1 fully saturated rings. The van der Waals surface area contributed by atoms with Crippen LogP contribution in [0.25, 0.3) is 0 Å². The van der Waals surface area contributed by atoms with Crippen LogP contribution in [0.5, 0.6) is 0 Å². The van der Waals surface area contributed by atoms with Crippen molar-refractivity contribution in [3.05, 3.63) is 0 Å². The number of carboxylic acid groups (broad SMARTS) is 1. The van der Waals surface area contributed by atoms with E-state index >= 15 is 0 Å². The summed E-state index contributed by atoms with van der Waals surface area (Å²) in [6.45, 7) is 13.2. The summed E-state index contributed by atoms with van der Waals surface area (Å²) < 4.78 is 5.30. The van der Waals surface area contributed by atoms with E-state index in [0.717, 1.165) is 25.3 Å². The lowest BCUT2D eigenvalue weighted by atomic mass is 9.84. The van der Waals surface area contributed by atoms with Crippen LogP contribution < -0.4 is 5.32 Å². The third-order valence-electron chi connectivity index (χ3n) is 5.19. The summed E-state index contributed by atoms with van der Waals surface area (Å²) in [5.41, 5.74) is -0.519. The van der Waals surface area contributed by atoms with Crippen molar-refractivity contribution in [2.75, 3.05) is 13.2 Å². The number of amides is 2. The minimum absolute atomic E-state index is 0.241. The van der Waals surface area contributed by atoms with Crippen molar-refractivity contribution < 1.29 is 19.4 Å². The summed E-state index contributed by atoms with van der Waals surface area (Å²) in [4.78, 5) is 25.5. The summed E-state index contributed by atoms with van der Waals surface area (Å²) in [6.07, 6.45) is 5.41. The smallest absolute Gasteiger partial charge is 0.408 e. The fourth-order valence-electron chi connectivity index (χ4n) is 3.78. The van der Waals surface area contributed by atoms with Crippen LogP contribution in [-0.4, -0.2) is 55.0 Å². The van der Waals surface area contributed by atoms with Crippen LogP contribution in [-0.2, 0) is 4.74 Å². The van der Waals surface area contributed by atoms with Crippen molar-refractivity contribution in [2.24, 2.45) is 5.92 Å². The number of carbonyl (C=O) groups excluding carboxylic acids is 1. The highest BCUT2D eigenvalue weighted by atomic mass is 28.3. The molecule has 0 unspecified atom stereocenters. The highest BCUT2D eigenvalue weighted by molar-refractivity contribution is 6.76. The van der Waals surface area contributed by atoms with Gasteiger partial charge >= 0.3 is 12.2 Å². The summed E-state index contributed by atoms with van der Waals surface area (Å²) in [6, 6.07) is 0.685. The second kappa shape index (κ2) is 10.3. The van der Waals surface area contributed by atoms with Gasteiger partial charge in [0.1, 0.15) is 0 Å². The van der Waals surface area contributed by atoms with E-state index in [2.05, 4.69) is 25.0 Å². The Morgan fingerprint density at radius 1 is 1.19 bits per heavy atom. The van der Waals surface area contributed by atoms with Gasteiger partial charge in [-0.15, -0.1) is 0 Å². The quantitative estimate of drug-likeness (QED) is 0.551. The molecular weight excluding hydrogens is 360 g/mol. The number of rotatable bonds is 8. The highest BCUT2D eigenvalue weighted by Gasteiger charge is 2.35. The molecule has 6 nitrogen and oxygen atoms in total. The lowest BCUT2D eigenvalue weighted by Crippen LogP contribution is -2.55. The van der Waals surface area contributed by atoms with Crippen molar-refractivity contribution in [1.82, 2.24) is 10.2 Å². The van der Waals surface area contributed by atoms with Crippen LogP contribution in [0.2, 0.25) is 25.7 Å². The van der Waals surface area contributed by atoms with Crippen LogP contribution >= 0.6 is 0 Å². The first kappa shape index (κ1) is 23.8. The lowest BCUT2D eigenvalue weighted by Gasteiger charge is -2.41. The van der Waals surface area contributed by atoms with Gasteiger partial charge in [0.15, 0.2) is 0 Å². The maximum absolute atomic E-state index is 12.1. The van der Waals surface area contributed by atoms with E-state index in [9.17, 15) is 14.7 Å². The second-order valence-electron chi connectivity index (χ2n) is 10.0. The van der Waals surface area contributed by atoms with Gasteiger partial charge in [0, 0.05) is 20.2 Å². The van der Waals surface area contributed by atoms with Gasteiger partial charge in [-0.25, -0.2) is 9.59 Å². The molecule has 0 aromatic carbocycles. The number of ether oxygens (including phenoxy) is 1. The zero-order chi connectivity index (χ0) is 20.7. The number of hydrogen-bond donors (Lipinski definition) is 2. The van der Waals surface area contributed by atoms with E-state index in [1.807, 2.05) is 20.8 Å². The Kier molecular flexibility index (Phi) is 9.11. The van der Waals surface area contributed by atoms with Crippen molar-refractivity contribution in [2.45, 2.75) is 96.6 Å². The molecule has 0 spiro atoms. The van der Waals surface area contributed by atoms with Crippen LogP contribution in [0.4, 0.5) is 9.59 Å². The van der Waals surface area contributed by atoms with E-state index in [-0.39, 0.29) is 6.04 Å². The summed E-state index contributed by atoms with van der Waals surface area (Å²) in [5, 5.41) is 12.6. The van der Waals surface area contributed by atoms with Crippen LogP contribution in [0.3, 0.4) is 0 Å². The average Bonchev–Trinajstić information content (AvgIpc) is 2.50. The van der Waals surface area contributed by atoms with Gasteiger partial charge in [-0.05, 0) is 39.2 Å². The summed E-state index contributed by atoms with van der Waals surface area (Å²) in [7, 11) is -1.25. The van der Waals surface area contributed by atoms with Crippen molar-refractivity contribution >= 4 is 20.3 Å². The maximum atomic E-state index is 12.1. The molecular formula is C20H40N2O4Si. The molecule has 0 saturated heterocycles. The standard InChI is InChI=1S/C20H40N2O4Si/c1-20(2,3)22(19(24)25)17(14-16-10-8-7-9-11-16)15-21-18(23)26-12-13-27(4,5)6/h16-17H,7-15H2,1-6H3,(H,21,23)(H,24,25)/t17-/m0/s1. The monoisotopic (exact) mass is 400 g/mol. The fraction of sp³-hybridized carbons (Fsp3) is 0.900. The minimum atomic E-state index is -1.25. The van der Waals surface area contributed by atoms with Gasteiger partial charge < -0.3 is 15.2 Å². The highest BCUT2D eigenvalue weighted by Crippen LogP contribution is 2.30. The first-order valence-corrected chi connectivity index (χ1v) is 14.0. The van der Waals surface area contributed by atoms with Crippen LogP contribution in [0.15, 0.2) is 0 Å². The molecule has 1 rings (SSSR count). The number of hydrogen-bond acceptors (Lipinski definition) is 3. The van der Waals surface area contributed by atoms with E-state index in [1.54, 1.807) is 0 Å². The zero-order valence-corrected chi connectivity index (χ0v) is 19.1. The van der Waals surface area contributed by atoms with Crippen molar-refractivity contribution in [3.8, 4) is 0 Å². The number of carbonyl (C=O) groups is 2. The first-order chi connectivity index (χ1) is 12.4. The molecule has 1 saturated carbocycles. The van der Waals surface area contributed by atoms with E-state index < -0.39 is 25.8 Å². The Morgan fingerprint density at radius 3 is 2.26 bits per heavy atom. The third kappa shape index (κ3) is 9.49. The lowest BCUT2D eigenvalue weighted by molar-refractivity contribution is 0.0570. The Bertz CT molecular complexity index is 479. The Labute approximate surface area is 166 Å². The first-order valence-electron chi connectivity index (χ1n) is 10.3. The van der Waals surface area contributed by atoms with Gasteiger partial charge in [0.05, 0.1) is 12.6 Å². The Balaban J connectivity index is 2.69. The second-order valence-corrected chi connectivity index (χ2v) is 15.7. The predicted octanol–water partition coefficient (Wildman–Crippen LogP) is 5.17. The molecule has 1 atom stereocenters. The zero-order valence-electron chi connectivity index (χ0n) is 18.1. The fourth-order valence-corrected chi connectivity index (χ4v) is 4.50. The molecule has 0 radical (unpaired) electrons. The van der Waals surface area contributed by atoms with Crippen LogP contribution in [0.1, 0.15) is 59.3 Å². The topological polar surface area (TPSA) is 78.9 Å². The van der Waals surface area contributed by atoms with Gasteiger partial charge in [-0.3, -0.25) is 4.90 Å². The molecule has 27 heavy (non-hydrogen) atoms. The molecule has 0 heterocycles. The SMILES string of the molecule is CC(C)(C)N(C(=O)O)[C@H](CNC(=O)OCC[Si](C)(C)C)CC1CCCCC1. The van der Waals surface area contributed by atoms with Gasteiger partial charge in [-0.2, -0.15) is 0 Å². The van der Waals surface area contributed by atoms with E-state index in [4.69, 9.17) is 4.74 Å². The predicted molar refractivity (Wildman–Crippen MR) is 112 cm³/mol. The Morgan fingerprint density at radius 2 is 1.78 bits per heavy atom. The molecule has 2 amide bonds. The third-order valence-corrected chi connectivity index (χ3v) is 6.90. The van der Waals surface area contributed by atoms with Crippen molar-refractivity contribution in [3.63, 3.8) is 0 Å². The molecule has 1 aliphatic carbocycles. The molecule has 158 valence electrons. The normalized spacial score (nSPS) is 17.3. The largest absolute Gasteiger partial charge is 0.465 e. The van der Waals surface area contributed by atoms with E-state index in [1.165, 1.54) is 24.2 Å². The molecule has 0 aromatic rings. The van der Waals surface area contributed by atoms with Gasteiger partial charge in [0.25, 0.3) is 0 Å². The molecule has 0 aliphatic heterocycles. The molecule has 1 aliphatic rings. The molecule has 2 N–H and O–H groups in total. The van der Waals surface area contributed by atoms with Crippen molar-refractivity contribution in [1.29, 1.82) is 0 Å². The molecule has 7 heteroatoms.